The number of rotatable bonds is 4. The van der Waals surface area contributed by atoms with Gasteiger partial charge in [-0.05, 0) is 35.9 Å². The van der Waals surface area contributed by atoms with E-state index < -0.39 is 30.8 Å². The Balaban J connectivity index is 1.52. The zero-order chi connectivity index (χ0) is 26.0. The number of hydrogen-bond acceptors (Lipinski definition) is 4. The molecule has 4 aromatic rings. The van der Waals surface area contributed by atoms with Gasteiger partial charge in [-0.2, -0.15) is 0 Å². The summed E-state index contributed by atoms with van der Waals surface area (Å²) in [5, 5.41) is 3.16. The van der Waals surface area contributed by atoms with E-state index in [0.29, 0.717) is 16.6 Å². The van der Waals surface area contributed by atoms with Gasteiger partial charge in [-0.25, -0.2) is 4.39 Å². The highest BCUT2D eigenvalue weighted by Crippen LogP contribution is 2.29. The molecule has 0 saturated heterocycles. The highest BCUT2D eigenvalue weighted by Gasteiger charge is 2.18. The van der Waals surface area contributed by atoms with E-state index in [0.717, 1.165) is 24.4 Å². The number of fused-ring (bicyclic) bond motifs is 3. The lowest BCUT2D eigenvalue weighted by atomic mass is 10.1. The monoisotopic (exact) mass is 410 g/mol. The van der Waals surface area contributed by atoms with Crippen LogP contribution in [0.3, 0.4) is 0 Å². The third-order valence-corrected chi connectivity index (χ3v) is 4.91. The molecule has 5 rings (SSSR count). The topological polar surface area (TPSA) is 61.1 Å². The number of pyridine rings is 2. The minimum absolute atomic E-state index is 0.0461. The maximum atomic E-state index is 13.1. The highest BCUT2D eigenvalue weighted by atomic mass is 19.1. The summed E-state index contributed by atoms with van der Waals surface area (Å²) in [7, 11) is 1.66. The number of ether oxygens (including phenoxy) is 1. The molecule has 1 aliphatic heterocycles. The first-order valence-corrected chi connectivity index (χ1v) is 9.23. The molecular weight excluding hydrogens is 383 g/mol. The Labute approximate surface area is 181 Å². The molecule has 4 heterocycles. The van der Waals surface area contributed by atoms with Crippen molar-refractivity contribution in [3.8, 4) is 11.4 Å². The van der Waals surface area contributed by atoms with Crippen LogP contribution in [0.1, 0.15) is 25.2 Å². The Morgan fingerprint density at radius 1 is 1.30 bits per heavy atom. The molecule has 30 heavy (non-hydrogen) atoms. The number of nitrogens with one attached hydrogen (secondary N) is 1. The Morgan fingerprint density at radius 2 is 2.20 bits per heavy atom. The summed E-state index contributed by atoms with van der Waals surface area (Å²) in [5.74, 6) is -0.660. The van der Waals surface area contributed by atoms with Gasteiger partial charge in [0, 0.05) is 55.3 Å². The van der Waals surface area contributed by atoms with Crippen LogP contribution in [0.5, 0.6) is 5.75 Å². The number of benzene rings is 1. The van der Waals surface area contributed by atoms with Crippen LogP contribution in [0.4, 0.5) is 4.39 Å². The second-order valence-corrected chi connectivity index (χ2v) is 6.78. The third-order valence-electron chi connectivity index (χ3n) is 4.91. The largest absolute Gasteiger partial charge is 0.487 e. The smallest absolute Gasteiger partial charge is 0.258 e. The normalized spacial score (nSPS) is 20.2. The molecule has 0 bridgehead atoms. The van der Waals surface area contributed by atoms with Gasteiger partial charge >= 0.3 is 0 Å². The van der Waals surface area contributed by atoms with Gasteiger partial charge in [-0.15, -0.1) is 0 Å². The van der Waals surface area contributed by atoms with Crippen LogP contribution in [-0.4, -0.2) is 20.7 Å². The number of hydrogen-bond donors (Lipinski definition) is 1. The second kappa shape index (κ2) is 7.42. The average Bonchev–Trinajstić information content (AvgIpc) is 3.11. The van der Waals surface area contributed by atoms with Crippen LogP contribution in [0.2, 0.25) is 0 Å². The highest BCUT2D eigenvalue weighted by molar-refractivity contribution is 5.87. The molecule has 0 amide bonds. The molecule has 1 N–H and O–H groups in total. The van der Waals surface area contributed by atoms with Crippen molar-refractivity contribution in [3.63, 3.8) is 0 Å². The molecule has 7 heteroatoms. The fourth-order valence-electron chi connectivity index (χ4n) is 3.45. The summed E-state index contributed by atoms with van der Waals surface area (Å²) in [4.78, 5) is 16.6. The first-order valence-electron chi connectivity index (χ1n) is 12.2. The van der Waals surface area contributed by atoms with Gasteiger partial charge in [0.2, 0.25) is 0 Å². The van der Waals surface area contributed by atoms with Gasteiger partial charge in [-0.3, -0.25) is 14.3 Å². The number of aryl methyl sites for hydroxylation is 1. The SMILES string of the molecule is [2H]C1([2H])CNC([2H])([2H])c2c1n(C)c1cc(-n3ccc(OC([2H])([2H])c4ccc(F)cn4)cc3=O)ccc21. The van der Waals surface area contributed by atoms with Gasteiger partial charge in [0.25, 0.3) is 5.56 Å². The summed E-state index contributed by atoms with van der Waals surface area (Å²) in [6.07, 6.45) is 0.498. The summed E-state index contributed by atoms with van der Waals surface area (Å²) in [6.45, 7) is -4.50. The number of halogens is 1. The van der Waals surface area contributed by atoms with Crippen molar-refractivity contribution < 1.29 is 17.4 Å². The van der Waals surface area contributed by atoms with E-state index in [1.807, 2.05) is 0 Å². The van der Waals surface area contributed by atoms with E-state index >= 15 is 0 Å². The molecule has 0 fully saturated rings. The lowest BCUT2D eigenvalue weighted by molar-refractivity contribution is 0.300. The van der Waals surface area contributed by atoms with Gasteiger partial charge < -0.3 is 14.6 Å². The second-order valence-electron chi connectivity index (χ2n) is 6.78. The van der Waals surface area contributed by atoms with Crippen LogP contribution < -0.4 is 15.6 Å². The van der Waals surface area contributed by atoms with Crippen molar-refractivity contribution in [3.05, 3.63) is 88.0 Å². The van der Waals surface area contributed by atoms with E-state index in [9.17, 15) is 9.18 Å². The molecule has 0 unspecified atom stereocenters. The summed E-state index contributed by atoms with van der Waals surface area (Å²) in [5.41, 5.74) is 0.817. The maximum absolute atomic E-state index is 13.1. The maximum Gasteiger partial charge on any atom is 0.258 e. The Morgan fingerprint density at radius 3 is 3.00 bits per heavy atom. The number of aromatic nitrogens is 3. The van der Waals surface area contributed by atoms with Crippen LogP contribution in [-0.2, 0) is 26.5 Å². The van der Waals surface area contributed by atoms with Gasteiger partial charge in [0.15, 0.2) is 0 Å². The standard InChI is InChI=1S/C23H21FN4O2/c1-27-21-6-8-25-13-20(21)19-5-4-17(10-22(19)27)28-9-7-18(11-23(28)29)30-14-16-3-2-15(24)12-26-16/h2-5,7,9-12,25H,6,8,13-14H2,1H3/i6D2,13D2,14D2. The molecular formula is C23H21FN4O2. The molecule has 0 aliphatic carbocycles. The molecule has 0 saturated carbocycles. The Kier molecular flexibility index (Phi) is 3.21. The van der Waals surface area contributed by atoms with E-state index in [2.05, 4.69) is 10.3 Å². The fourth-order valence-corrected chi connectivity index (χ4v) is 3.45. The van der Waals surface area contributed by atoms with Crippen LogP contribution >= 0.6 is 0 Å². The lowest BCUT2D eigenvalue weighted by Crippen LogP contribution is -2.24. The molecule has 6 nitrogen and oxygen atoms in total. The van der Waals surface area contributed by atoms with Crippen molar-refractivity contribution in [2.45, 2.75) is 19.4 Å². The van der Waals surface area contributed by atoms with E-state index in [1.54, 1.807) is 29.8 Å². The van der Waals surface area contributed by atoms with Gasteiger partial charge in [-0.1, -0.05) is 6.07 Å². The quantitative estimate of drug-likeness (QED) is 0.562. The van der Waals surface area contributed by atoms with E-state index in [-0.39, 0.29) is 29.2 Å². The van der Waals surface area contributed by atoms with Crippen LogP contribution in [0.15, 0.2) is 59.7 Å². The zero-order valence-electron chi connectivity index (χ0n) is 21.9. The van der Waals surface area contributed by atoms with Crippen molar-refractivity contribution in [2.75, 3.05) is 6.54 Å². The summed E-state index contributed by atoms with van der Waals surface area (Å²) < 4.78 is 71.0. The molecule has 1 aromatic carbocycles. The Bertz CT molecular complexity index is 1550. The summed E-state index contributed by atoms with van der Waals surface area (Å²) in [6, 6.07) is 9.70. The molecule has 0 spiro atoms. The van der Waals surface area contributed by atoms with Gasteiger partial charge in [0.1, 0.15) is 18.1 Å². The predicted octanol–water partition coefficient (Wildman–Crippen LogP) is 3.09. The zero-order valence-corrected chi connectivity index (χ0v) is 15.9. The fraction of sp³-hybridized carbons (Fsp3) is 0.217. The molecule has 0 atom stereocenters. The average molecular weight is 410 g/mol. The first kappa shape index (κ1) is 13.0. The predicted molar refractivity (Wildman–Crippen MR) is 112 cm³/mol. The molecule has 3 aromatic heterocycles. The van der Waals surface area contributed by atoms with Crippen LogP contribution in [0, 0.1) is 5.82 Å². The van der Waals surface area contributed by atoms with Gasteiger partial charge in [0.05, 0.1) is 25.8 Å². The van der Waals surface area contributed by atoms with Crippen LogP contribution in [0.25, 0.3) is 16.6 Å². The lowest BCUT2D eigenvalue weighted by Gasteiger charge is -2.14. The first-order chi connectivity index (χ1) is 16.8. The van der Waals surface area contributed by atoms with Crippen molar-refractivity contribution in [2.24, 2.45) is 7.05 Å². The summed E-state index contributed by atoms with van der Waals surface area (Å²) >= 11 is 0. The van der Waals surface area contributed by atoms with E-state index in [1.165, 1.54) is 16.8 Å². The molecule has 152 valence electrons. The van der Waals surface area contributed by atoms with Crippen molar-refractivity contribution >= 4 is 10.9 Å². The van der Waals surface area contributed by atoms with Crippen molar-refractivity contribution in [1.82, 2.24) is 19.4 Å². The molecule has 0 radical (unpaired) electrons. The minimum Gasteiger partial charge on any atom is -0.487 e. The number of nitrogens with zero attached hydrogens (tertiary/aromatic N) is 3. The van der Waals surface area contributed by atoms with Crippen molar-refractivity contribution in [1.29, 1.82) is 0 Å². The van der Waals surface area contributed by atoms with E-state index in [4.69, 9.17) is 13.0 Å². The minimum atomic E-state index is -2.40. The Hall–Kier alpha value is -3.45. The molecule has 1 aliphatic rings. The third kappa shape index (κ3) is 3.27.